The van der Waals surface area contributed by atoms with Crippen LogP contribution in [0.1, 0.15) is 39.0 Å². The van der Waals surface area contributed by atoms with E-state index >= 15 is 0 Å². The molecule has 0 aliphatic carbocycles. The minimum Gasteiger partial charge on any atom is -0.381 e. The summed E-state index contributed by atoms with van der Waals surface area (Å²) in [6, 6.07) is 0. The van der Waals surface area contributed by atoms with E-state index in [-0.39, 0.29) is 0 Å². The molecule has 0 radical (unpaired) electrons. The first-order chi connectivity index (χ1) is 7.43. The van der Waals surface area contributed by atoms with Gasteiger partial charge in [0.15, 0.2) is 0 Å². The van der Waals surface area contributed by atoms with Crippen molar-refractivity contribution in [1.82, 2.24) is 5.32 Å². The average Bonchev–Trinajstić information content (AvgIpc) is 3.05. The van der Waals surface area contributed by atoms with Gasteiger partial charge in [-0.05, 0) is 25.8 Å². The molecule has 0 bridgehead atoms. The smallest absolute Gasteiger partial charge is 0.0933 e. The van der Waals surface area contributed by atoms with Crippen molar-refractivity contribution < 1.29 is 9.47 Å². The lowest BCUT2D eigenvalue weighted by Gasteiger charge is -2.04. The first kappa shape index (κ1) is 12.9. The van der Waals surface area contributed by atoms with Gasteiger partial charge >= 0.3 is 0 Å². The number of ether oxygens (including phenoxy) is 2. The predicted molar refractivity (Wildman–Crippen MR) is 62.2 cm³/mol. The Morgan fingerprint density at radius 3 is 2.60 bits per heavy atom. The van der Waals surface area contributed by atoms with E-state index in [9.17, 15) is 0 Å². The van der Waals surface area contributed by atoms with Crippen LogP contribution in [0.25, 0.3) is 0 Å². The molecule has 1 aliphatic heterocycles. The maximum Gasteiger partial charge on any atom is 0.0933 e. The van der Waals surface area contributed by atoms with Gasteiger partial charge in [0.1, 0.15) is 0 Å². The summed E-state index contributed by atoms with van der Waals surface area (Å²) in [6.45, 7) is 7.15. The third kappa shape index (κ3) is 8.85. The molecule has 15 heavy (non-hydrogen) atoms. The van der Waals surface area contributed by atoms with Crippen molar-refractivity contribution in [3.63, 3.8) is 0 Å². The summed E-state index contributed by atoms with van der Waals surface area (Å²) in [5.74, 6) is 0. The maximum absolute atomic E-state index is 5.52. The highest BCUT2D eigenvalue weighted by molar-refractivity contribution is 4.71. The van der Waals surface area contributed by atoms with Crippen molar-refractivity contribution in [2.75, 3.05) is 32.9 Å². The third-order valence-corrected chi connectivity index (χ3v) is 2.56. The topological polar surface area (TPSA) is 33.8 Å². The van der Waals surface area contributed by atoms with Crippen LogP contribution in [0.4, 0.5) is 0 Å². The molecule has 0 aromatic rings. The number of hydrogen-bond acceptors (Lipinski definition) is 3. The second-order valence-electron chi connectivity index (χ2n) is 4.19. The summed E-state index contributed by atoms with van der Waals surface area (Å²) in [7, 11) is 0. The fraction of sp³-hybridized carbons (Fsp3) is 1.00. The molecule has 0 saturated carbocycles. The second kappa shape index (κ2) is 9.13. The monoisotopic (exact) mass is 215 g/mol. The lowest BCUT2D eigenvalue weighted by molar-refractivity contribution is 0.126. The highest BCUT2D eigenvalue weighted by Gasteiger charge is 2.20. The first-order valence-electron chi connectivity index (χ1n) is 6.33. The van der Waals surface area contributed by atoms with Gasteiger partial charge in [-0.1, -0.05) is 19.8 Å². The summed E-state index contributed by atoms with van der Waals surface area (Å²) >= 11 is 0. The number of epoxide rings is 1. The molecule has 3 nitrogen and oxygen atoms in total. The molecule has 90 valence electrons. The standard InChI is InChI=1S/C12H25NO2/c1-2-3-5-8-14-9-6-4-7-13-10-12-11-15-12/h12-13H,2-11H2,1H3. The molecule has 1 saturated heterocycles. The molecule has 1 fully saturated rings. The Morgan fingerprint density at radius 2 is 1.93 bits per heavy atom. The molecular formula is C12H25NO2. The van der Waals surface area contributed by atoms with Gasteiger partial charge in [-0.2, -0.15) is 0 Å². The Balaban J connectivity index is 1.62. The van der Waals surface area contributed by atoms with Crippen LogP contribution in [-0.2, 0) is 9.47 Å². The normalized spacial score (nSPS) is 19.4. The molecule has 0 amide bonds. The third-order valence-electron chi connectivity index (χ3n) is 2.56. The molecule has 1 heterocycles. The Kier molecular flexibility index (Phi) is 7.88. The molecule has 0 aromatic carbocycles. The fourth-order valence-electron chi connectivity index (χ4n) is 1.46. The van der Waals surface area contributed by atoms with Gasteiger partial charge in [0.25, 0.3) is 0 Å². The minimum absolute atomic E-state index is 0.510. The SMILES string of the molecule is CCCCCOCCCCNCC1CO1. The van der Waals surface area contributed by atoms with Crippen LogP contribution in [0.2, 0.25) is 0 Å². The van der Waals surface area contributed by atoms with Crippen LogP contribution in [0.15, 0.2) is 0 Å². The average molecular weight is 215 g/mol. The van der Waals surface area contributed by atoms with Crippen LogP contribution in [0.5, 0.6) is 0 Å². The maximum atomic E-state index is 5.52. The lowest BCUT2D eigenvalue weighted by atomic mass is 10.3. The van der Waals surface area contributed by atoms with Crippen LogP contribution in [-0.4, -0.2) is 39.0 Å². The van der Waals surface area contributed by atoms with Gasteiger partial charge in [-0.25, -0.2) is 0 Å². The number of rotatable bonds is 11. The molecule has 3 heteroatoms. The van der Waals surface area contributed by atoms with E-state index in [1.165, 1.54) is 32.1 Å². The Labute approximate surface area is 93.5 Å². The van der Waals surface area contributed by atoms with Gasteiger partial charge < -0.3 is 14.8 Å². The lowest BCUT2D eigenvalue weighted by Crippen LogP contribution is -2.21. The van der Waals surface area contributed by atoms with Crippen molar-refractivity contribution in [1.29, 1.82) is 0 Å². The van der Waals surface area contributed by atoms with Crippen molar-refractivity contribution in [3.05, 3.63) is 0 Å². The summed E-state index contributed by atoms with van der Waals surface area (Å²) in [5.41, 5.74) is 0. The van der Waals surface area contributed by atoms with Gasteiger partial charge in [0.05, 0.1) is 12.7 Å². The summed E-state index contributed by atoms with van der Waals surface area (Å²) in [4.78, 5) is 0. The number of hydrogen-bond donors (Lipinski definition) is 1. The number of unbranched alkanes of at least 4 members (excludes halogenated alkanes) is 3. The van der Waals surface area contributed by atoms with Crippen LogP contribution in [0.3, 0.4) is 0 Å². The molecule has 1 aliphatic rings. The van der Waals surface area contributed by atoms with E-state index in [1.54, 1.807) is 0 Å². The highest BCUT2D eigenvalue weighted by Crippen LogP contribution is 2.05. The van der Waals surface area contributed by atoms with Gasteiger partial charge in [-0.15, -0.1) is 0 Å². The van der Waals surface area contributed by atoms with Gasteiger partial charge in [0, 0.05) is 19.8 Å². The Bertz CT molecular complexity index is 138. The highest BCUT2D eigenvalue weighted by atomic mass is 16.6. The van der Waals surface area contributed by atoms with E-state index in [4.69, 9.17) is 9.47 Å². The van der Waals surface area contributed by atoms with Gasteiger partial charge in [0.2, 0.25) is 0 Å². The summed E-state index contributed by atoms with van der Waals surface area (Å²) < 4.78 is 10.6. The molecule has 1 atom stereocenters. The molecular weight excluding hydrogens is 190 g/mol. The minimum atomic E-state index is 0.510. The zero-order valence-electron chi connectivity index (χ0n) is 9.96. The van der Waals surface area contributed by atoms with Gasteiger partial charge in [-0.3, -0.25) is 0 Å². The van der Waals surface area contributed by atoms with Crippen LogP contribution in [0, 0.1) is 0 Å². The van der Waals surface area contributed by atoms with Crippen molar-refractivity contribution >= 4 is 0 Å². The molecule has 0 aromatic heterocycles. The van der Waals surface area contributed by atoms with E-state index in [0.29, 0.717) is 6.10 Å². The predicted octanol–water partition coefficient (Wildman–Crippen LogP) is 1.96. The largest absolute Gasteiger partial charge is 0.381 e. The summed E-state index contributed by atoms with van der Waals surface area (Å²) in [6.07, 6.45) is 6.67. The van der Waals surface area contributed by atoms with Crippen LogP contribution >= 0.6 is 0 Å². The first-order valence-corrected chi connectivity index (χ1v) is 6.33. The van der Waals surface area contributed by atoms with Crippen molar-refractivity contribution in [3.8, 4) is 0 Å². The molecule has 1 unspecified atom stereocenters. The van der Waals surface area contributed by atoms with E-state index in [1.807, 2.05) is 0 Å². The van der Waals surface area contributed by atoms with Crippen LogP contribution < -0.4 is 5.32 Å². The fourth-order valence-corrected chi connectivity index (χ4v) is 1.46. The van der Waals surface area contributed by atoms with E-state index in [2.05, 4.69) is 12.2 Å². The van der Waals surface area contributed by atoms with Crippen molar-refractivity contribution in [2.24, 2.45) is 0 Å². The molecule has 1 N–H and O–H groups in total. The summed E-state index contributed by atoms with van der Waals surface area (Å²) in [5, 5.41) is 3.38. The Hall–Kier alpha value is -0.120. The van der Waals surface area contributed by atoms with Crippen molar-refractivity contribution in [2.45, 2.75) is 45.1 Å². The zero-order chi connectivity index (χ0) is 10.8. The molecule has 1 rings (SSSR count). The number of nitrogens with one attached hydrogen (secondary N) is 1. The zero-order valence-corrected chi connectivity index (χ0v) is 9.96. The Morgan fingerprint density at radius 1 is 1.20 bits per heavy atom. The quantitative estimate of drug-likeness (QED) is 0.422. The van der Waals surface area contributed by atoms with E-state index in [0.717, 1.165) is 32.9 Å². The second-order valence-corrected chi connectivity index (χ2v) is 4.19. The van der Waals surface area contributed by atoms with E-state index < -0.39 is 0 Å². The molecule has 0 spiro atoms.